The van der Waals surface area contributed by atoms with Crippen LogP contribution in [-0.2, 0) is 0 Å². The largest absolute Gasteiger partial charge is 0.391 e. The molecule has 0 saturated carbocycles. The van der Waals surface area contributed by atoms with Crippen molar-refractivity contribution in [3.05, 3.63) is 48.5 Å². The number of anilines is 1. The van der Waals surface area contributed by atoms with E-state index in [1.165, 1.54) is 6.07 Å². The molecule has 1 unspecified atom stereocenters. The molecule has 0 aliphatic rings. The van der Waals surface area contributed by atoms with Gasteiger partial charge in [0.1, 0.15) is 5.82 Å². The van der Waals surface area contributed by atoms with Crippen molar-refractivity contribution < 1.29 is 14.3 Å². The van der Waals surface area contributed by atoms with Crippen LogP contribution in [0.1, 0.15) is 19.8 Å². The van der Waals surface area contributed by atoms with Gasteiger partial charge in [-0.3, -0.25) is 0 Å². The number of hydrogen-bond donors (Lipinski definition) is 3. The molecule has 1 aromatic carbocycles. The monoisotopic (exact) mass is 305 g/mol. The summed E-state index contributed by atoms with van der Waals surface area (Å²) in [6, 6.07) is 7.66. The third-order valence-corrected chi connectivity index (χ3v) is 3.22. The van der Waals surface area contributed by atoms with Crippen molar-refractivity contribution in [1.82, 2.24) is 9.88 Å². The molecule has 3 N–H and O–H groups in total. The predicted octanol–water partition coefficient (Wildman–Crippen LogP) is 2.90. The lowest BCUT2D eigenvalue weighted by atomic mass is 10.2. The Kier molecular flexibility index (Phi) is 5.55. The highest BCUT2D eigenvalue weighted by molar-refractivity contribution is 5.89. The Bertz CT molecular complexity index is 614. The number of carbonyl (C=O) groups excluding carboxylic acids is 1. The van der Waals surface area contributed by atoms with Gasteiger partial charge in [-0.05, 0) is 36.8 Å². The van der Waals surface area contributed by atoms with Crippen molar-refractivity contribution in [2.45, 2.75) is 25.9 Å². The third kappa shape index (κ3) is 4.33. The van der Waals surface area contributed by atoms with Crippen molar-refractivity contribution in [1.29, 1.82) is 0 Å². The second-order valence-electron chi connectivity index (χ2n) is 5.03. The van der Waals surface area contributed by atoms with Gasteiger partial charge in [-0.2, -0.15) is 0 Å². The molecule has 2 rings (SSSR count). The summed E-state index contributed by atoms with van der Waals surface area (Å²) in [5.74, 6) is -0.514. The summed E-state index contributed by atoms with van der Waals surface area (Å²) in [6.07, 6.45) is 4.51. The minimum absolute atomic E-state index is 0.0914. The van der Waals surface area contributed by atoms with Gasteiger partial charge in [0, 0.05) is 24.6 Å². The zero-order chi connectivity index (χ0) is 15.9. The van der Waals surface area contributed by atoms with Gasteiger partial charge in [0.2, 0.25) is 0 Å². The first-order chi connectivity index (χ1) is 10.6. The second-order valence-corrected chi connectivity index (χ2v) is 5.03. The van der Waals surface area contributed by atoms with Crippen LogP contribution in [0.3, 0.4) is 0 Å². The molecule has 118 valence electrons. The molecule has 0 radical (unpaired) electrons. The van der Waals surface area contributed by atoms with Gasteiger partial charge in [-0.1, -0.05) is 13.3 Å². The zero-order valence-corrected chi connectivity index (χ0v) is 12.4. The fourth-order valence-electron chi connectivity index (χ4n) is 2.09. The molecule has 2 amide bonds. The number of hydrogen-bond acceptors (Lipinski definition) is 2. The fraction of sp³-hybridized carbons (Fsp3) is 0.312. The number of nitrogens with one attached hydrogen (secondary N) is 2. The molecule has 0 aliphatic heterocycles. The van der Waals surface area contributed by atoms with Gasteiger partial charge >= 0.3 is 6.03 Å². The van der Waals surface area contributed by atoms with Crippen molar-refractivity contribution in [3.8, 4) is 5.69 Å². The Balaban J connectivity index is 2.00. The summed E-state index contributed by atoms with van der Waals surface area (Å²) >= 11 is 0. The Morgan fingerprint density at radius 3 is 2.77 bits per heavy atom. The van der Waals surface area contributed by atoms with Gasteiger partial charge in [-0.15, -0.1) is 0 Å². The number of nitrogens with zero attached hydrogens (tertiary/aromatic N) is 1. The highest BCUT2D eigenvalue weighted by atomic mass is 19.1. The molecule has 5 nitrogen and oxygen atoms in total. The van der Waals surface area contributed by atoms with Crippen LogP contribution >= 0.6 is 0 Å². The van der Waals surface area contributed by atoms with E-state index in [0.29, 0.717) is 6.42 Å². The number of amides is 2. The highest BCUT2D eigenvalue weighted by Gasteiger charge is 2.10. The lowest BCUT2D eigenvalue weighted by molar-refractivity contribution is 0.162. The Morgan fingerprint density at radius 2 is 2.09 bits per heavy atom. The second kappa shape index (κ2) is 7.61. The van der Waals surface area contributed by atoms with Crippen LogP contribution in [0.5, 0.6) is 0 Å². The van der Waals surface area contributed by atoms with Gasteiger partial charge < -0.3 is 20.3 Å². The van der Waals surface area contributed by atoms with E-state index in [1.807, 2.05) is 36.0 Å². The molecule has 0 saturated heterocycles. The number of benzene rings is 1. The van der Waals surface area contributed by atoms with E-state index < -0.39 is 18.0 Å². The number of halogens is 1. The molecule has 0 fully saturated rings. The standard InChI is InChI=1S/C16H20FN3O2/c1-2-5-13(21)11-18-16(22)19-15-10-12(6-7-14(15)17)20-8-3-4-9-20/h3-4,6-10,13,21H,2,5,11H2,1H3,(H2,18,19,22). The van der Waals surface area contributed by atoms with Gasteiger partial charge in [0.05, 0.1) is 11.8 Å². The minimum atomic E-state index is -0.591. The van der Waals surface area contributed by atoms with Crippen molar-refractivity contribution >= 4 is 11.7 Å². The van der Waals surface area contributed by atoms with Gasteiger partial charge in [0.15, 0.2) is 0 Å². The maximum Gasteiger partial charge on any atom is 0.319 e. The van der Waals surface area contributed by atoms with E-state index in [1.54, 1.807) is 12.1 Å². The molecule has 6 heteroatoms. The topological polar surface area (TPSA) is 66.3 Å². The average Bonchev–Trinajstić information content (AvgIpc) is 3.02. The van der Waals surface area contributed by atoms with Crippen LogP contribution < -0.4 is 10.6 Å². The quantitative estimate of drug-likeness (QED) is 0.768. The van der Waals surface area contributed by atoms with Gasteiger partial charge in [0.25, 0.3) is 0 Å². The molecule has 1 atom stereocenters. The smallest absolute Gasteiger partial charge is 0.319 e. The minimum Gasteiger partial charge on any atom is -0.391 e. The number of carbonyl (C=O) groups is 1. The molecule has 2 aromatic rings. The van der Waals surface area contributed by atoms with E-state index in [0.717, 1.165) is 12.1 Å². The molecule has 1 heterocycles. The number of aromatic nitrogens is 1. The van der Waals surface area contributed by atoms with E-state index in [-0.39, 0.29) is 12.2 Å². The fourth-order valence-corrected chi connectivity index (χ4v) is 2.09. The van der Waals surface area contributed by atoms with Crippen LogP contribution in [-0.4, -0.2) is 28.4 Å². The van der Waals surface area contributed by atoms with Gasteiger partial charge in [-0.25, -0.2) is 9.18 Å². The molecule has 0 aliphatic carbocycles. The average molecular weight is 305 g/mol. The molecule has 0 bridgehead atoms. The van der Waals surface area contributed by atoms with E-state index >= 15 is 0 Å². The van der Waals surface area contributed by atoms with E-state index in [9.17, 15) is 14.3 Å². The Hall–Kier alpha value is -2.34. The lowest BCUT2D eigenvalue weighted by Gasteiger charge is -2.13. The summed E-state index contributed by atoms with van der Waals surface area (Å²) in [7, 11) is 0. The summed E-state index contributed by atoms with van der Waals surface area (Å²) in [5.41, 5.74) is 0.835. The molecular weight excluding hydrogens is 285 g/mol. The maximum atomic E-state index is 13.8. The number of aliphatic hydroxyl groups is 1. The summed E-state index contributed by atoms with van der Waals surface area (Å²) in [5, 5.41) is 14.6. The number of aliphatic hydroxyl groups excluding tert-OH is 1. The third-order valence-electron chi connectivity index (χ3n) is 3.22. The van der Waals surface area contributed by atoms with Crippen molar-refractivity contribution in [2.75, 3.05) is 11.9 Å². The molecular formula is C16H20FN3O2. The van der Waals surface area contributed by atoms with E-state index in [4.69, 9.17) is 0 Å². The SMILES string of the molecule is CCCC(O)CNC(=O)Nc1cc(-n2cccc2)ccc1F. The van der Waals surface area contributed by atoms with Crippen LogP contribution in [0, 0.1) is 5.82 Å². The van der Waals surface area contributed by atoms with Crippen LogP contribution in [0.15, 0.2) is 42.7 Å². The first kappa shape index (κ1) is 16.0. The van der Waals surface area contributed by atoms with E-state index in [2.05, 4.69) is 10.6 Å². The Labute approximate surface area is 128 Å². The zero-order valence-electron chi connectivity index (χ0n) is 12.4. The molecule has 1 aromatic heterocycles. The summed E-state index contributed by atoms with van der Waals surface area (Å²) in [6.45, 7) is 2.09. The predicted molar refractivity (Wildman–Crippen MR) is 83.7 cm³/mol. The van der Waals surface area contributed by atoms with Crippen LogP contribution in [0.4, 0.5) is 14.9 Å². The van der Waals surface area contributed by atoms with Crippen LogP contribution in [0.2, 0.25) is 0 Å². The lowest BCUT2D eigenvalue weighted by Crippen LogP contribution is -2.35. The normalized spacial score (nSPS) is 12.0. The van der Waals surface area contributed by atoms with Crippen LogP contribution in [0.25, 0.3) is 5.69 Å². The number of rotatable bonds is 6. The number of urea groups is 1. The summed E-state index contributed by atoms with van der Waals surface area (Å²) < 4.78 is 15.6. The first-order valence-corrected chi connectivity index (χ1v) is 7.26. The van der Waals surface area contributed by atoms with Crippen molar-refractivity contribution in [3.63, 3.8) is 0 Å². The first-order valence-electron chi connectivity index (χ1n) is 7.26. The maximum absolute atomic E-state index is 13.8. The highest BCUT2D eigenvalue weighted by Crippen LogP contribution is 2.19. The van der Waals surface area contributed by atoms with Crippen molar-refractivity contribution in [2.24, 2.45) is 0 Å². The molecule has 22 heavy (non-hydrogen) atoms. The molecule has 0 spiro atoms. The summed E-state index contributed by atoms with van der Waals surface area (Å²) in [4.78, 5) is 11.8. The Morgan fingerprint density at radius 1 is 1.36 bits per heavy atom.